The zero-order chi connectivity index (χ0) is 13.8. The highest BCUT2D eigenvalue weighted by Gasteiger charge is 2.11. The van der Waals surface area contributed by atoms with E-state index in [1.807, 2.05) is 0 Å². The van der Waals surface area contributed by atoms with Crippen molar-refractivity contribution in [2.24, 2.45) is 0 Å². The van der Waals surface area contributed by atoms with Crippen molar-refractivity contribution >= 4 is 21.9 Å². The predicted octanol–water partition coefficient (Wildman–Crippen LogP) is 3.26. The smallest absolute Gasteiger partial charge is 0.354 e. The van der Waals surface area contributed by atoms with E-state index in [2.05, 4.69) is 20.9 Å². The van der Waals surface area contributed by atoms with Gasteiger partial charge in [-0.2, -0.15) is 0 Å². The summed E-state index contributed by atoms with van der Waals surface area (Å²) in [5.41, 5.74) is 0.355. The number of benzene rings is 1. The van der Waals surface area contributed by atoms with Crippen molar-refractivity contribution in [2.75, 3.05) is 0 Å². The molecule has 4 nitrogen and oxygen atoms in total. The number of carbonyl (C=O) groups is 1. The molecule has 1 N–H and O–H groups in total. The normalized spacial score (nSPS) is 10.2. The van der Waals surface area contributed by atoms with E-state index in [4.69, 9.17) is 9.84 Å². The quantitative estimate of drug-likeness (QED) is 0.937. The molecule has 2 rings (SSSR count). The highest BCUT2D eigenvalue weighted by Crippen LogP contribution is 2.21. The van der Waals surface area contributed by atoms with Gasteiger partial charge in [-0.25, -0.2) is 14.2 Å². The fourth-order valence-electron chi connectivity index (χ4n) is 1.52. The molecule has 0 atom stereocenters. The Kier molecular flexibility index (Phi) is 4.11. The van der Waals surface area contributed by atoms with Gasteiger partial charge in [0.15, 0.2) is 5.69 Å². The van der Waals surface area contributed by atoms with Crippen molar-refractivity contribution in [1.29, 1.82) is 0 Å². The van der Waals surface area contributed by atoms with Gasteiger partial charge in [-0.3, -0.25) is 0 Å². The second-order valence-electron chi connectivity index (χ2n) is 3.71. The SMILES string of the molecule is O=C(O)c1ncccc1COc1cc(F)cc(Br)c1. The lowest BCUT2D eigenvalue weighted by Crippen LogP contribution is -2.07. The van der Waals surface area contributed by atoms with E-state index in [0.717, 1.165) is 0 Å². The molecule has 19 heavy (non-hydrogen) atoms. The fourth-order valence-corrected chi connectivity index (χ4v) is 1.96. The molecule has 0 unspecified atom stereocenters. The van der Waals surface area contributed by atoms with E-state index < -0.39 is 11.8 Å². The lowest BCUT2D eigenvalue weighted by atomic mass is 10.2. The molecule has 0 aliphatic heterocycles. The minimum Gasteiger partial charge on any atom is -0.489 e. The second-order valence-corrected chi connectivity index (χ2v) is 4.63. The van der Waals surface area contributed by atoms with E-state index in [1.165, 1.54) is 18.3 Å². The third kappa shape index (κ3) is 3.51. The molecule has 1 aromatic carbocycles. The highest BCUT2D eigenvalue weighted by molar-refractivity contribution is 9.10. The molecule has 0 bridgehead atoms. The summed E-state index contributed by atoms with van der Waals surface area (Å²) in [7, 11) is 0. The highest BCUT2D eigenvalue weighted by atomic mass is 79.9. The maximum atomic E-state index is 13.1. The largest absolute Gasteiger partial charge is 0.489 e. The van der Waals surface area contributed by atoms with Crippen LogP contribution in [0.5, 0.6) is 5.75 Å². The van der Waals surface area contributed by atoms with Gasteiger partial charge in [0.05, 0.1) is 0 Å². The number of hydrogen-bond donors (Lipinski definition) is 1. The molecule has 0 spiro atoms. The van der Waals surface area contributed by atoms with Gasteiger partial charge in [0.1, 0.15) is 18.2 Å². The molecule has 0 fully saturated rings. The van der Waals surface area contributed by atoms with Crippen LogP contribution in [0.25, 0.3) is 0 Å². The number of carboxylic acid groups (broad SMARTS) is 1. The standard InChI is InChI=1S/C13H9BrFNO3/c14-9-4-10(15)6-11(5-9)19-7-8-2-1-3-16-12(8)13(17)18/h1-6H,7H2,(H,17,18). The first kappa shape index (κ1) is 13.5. The number of halogens is 2. The monoisotopic (exact) mass is 325 g/mol. The number of carboxylic acids is 1. The zero-order valence-corrected chi connectivity index (χ0v) is 11.2. The first-order valence-corrected chi connectivity index (χ1v) is 6.11. The number of hydrogen-bond acceptors (Lipinski definition) is 3. The zero-order valence-electron chi connectivity index (χ0n) is 9.64. The van der Waals surface area contributed by atoms with Crippen LogP contribution in [-0.4, -0.2) is 16.1 Å². The second kappa shape index (κ2) is 5.79. The lowest BCUT2D eigenvalue weighted by Gasteiger charge is -2.08. The number of nitrogens with zero attached hydrogens (tertiary/aromatic N) is 1. The van der Waals surface area contributed by atoms with Crippen LogP contribution < -0.4 is 4.74 Å². The Balaban J connectivity index is 2.16. The van der Waals surface area contributed by atoms with Crippen LogP contribution in [0, 0.1) is 5.82 Å². The summed E-state index contributed by atoms with van der Waals surface area (Å²) >= 11 is 3.15. The first-order chi connectivity index (χ1) is 9.06. The van der Waals surface area contributed by atoms with Gasteiger partial charge in [-0.15, -0.1) is 0 Å². The van der Waals surface area contributed by atoms with Crippen LogP contribution in [0.2, 0.25) is 0 Å². The van der Waals surface area contributed by atoms with Crippen molar-refractivity contribution in [3.05, 3.63) is 58.1 Å². The van der Waals surface area contributed by atoms with Crippen molar-refractivity contribution in [3.63, 3.8) is 0 Å². The average Bonchev–Trinajstić information content (AvgIpc) is 2.35. The third-order valence-corrected chi connectivity index (χ3v) is 2.78. The summed E-state index contributed by atoms with van der Waals surface area (Å²) in [5.74, 6) is -1.25. The molecule has 0 saturated heterocycles. The molecule has 98 valence electrons. The molecule has 0 amide bonds. The van der Waals surface area contributed by atoms with Crippen molar-refractivity contribution in [2.45, 2.75) is 6.61 Å². The molecular formula is C13H9BrFNO3. The Labute approximate surface area is 117 Å². The summed E-state index contributed by atoms with van der Waals surface area (Å²) in [6, 6.07) is 7.35. The maximum Gasteiger partial charge on any atom is 0.354 e. The van der Waals surface area contributed by atoms with E-state index in [1.54, 1.807) is 18.2 Å². The summed E-state index contributed by atoms with van der Waals surface area (Å²) < 4.78 is 19.1. The summed E-state index contributed by atoms with van der Waals surface area (Å²) in [5, 5.41) is 8.97. The molecule has 0 aliphatic carbocycles. The minimum atomic E-state index is -1.13. The molecule has 1 heterocycles. The fraction of sp³-hybridized carbons (Fsp3) is 0.0769. The Morgan fingerprint density at radius 2 is 2.21 bits per heavy atom. The van der Waals surface area contributed by atoms with Gasteiger partial charge in [-0.05, 0) is 18.2 Å². The number of aromatic nitrogens is 1. The first-order valence-electron chi connectivity index (χ1n) is 5.32. The number of ether oxygens (including phenoxy) is 1. The average molecular weight is 326 g/mol. The van der Waals surface area contributed by atoms with Crippen LogP contribution in [0.1, 0.15) is 16.1 Å². The van der Waals surface area contributed by atoms with E-state index >= 15 is 0 Å². The van der Waals surface area contributed by atoms with Crippen LogP contribution in [-0.2, 0) is 6.61 Å². The van der Waals surface area contributed by atoms with Gasteiger partial charge >= 0.3 is 5.97 Å². The van der Waals surface area contributed by atoms with Gasteiger partial charge in [0.25, 0.3) is 0 Å². The summed E-state index contributed by atoms with van der Waals surface area (Å²) in [6.07, 6.45) is 1.39. The molecular weight excluding hydrogens is 317 g/mol. The predicted molar refractivity (Wildman–Crippen MR) is 69.6 cm³/mol. The Hall–Kier alpha value is -1.95. The Morgan fingerprint density at radius 1 is 1.42 bits per heavy atom. The van der Waals surface area contributed by atoms with Gasteiger partial charge < -0.3 is 9.84 Å². The van der Waals surface area contributed by atoms with E-state index in [9.17, 15) is 9.18 Å². The van der Waals surface area contributed by atoms with Gasteiger partial charge in [0.2, 0.25) is 0 Å². The van der Waals surface area contributed by atoms with Gasteiger partial charge in [-0.1, -0.05) is 22.0 Å². The van der Waals surface area contributed by atoms with Crippen LogP contribution in [0.15, 0.2) is 41.0 Å². The molecule has 0 saturated carbocycles. The molecule has 1 aromatic heterocycles. The van der Waals surface area contributed by atoms with Crippen molar-refractivity contribution < 1.29 is 19.0 Å². The lowest BCUT2D eigenvalue weighted by molar-refractivity contribution is 0.0687. The van der Waals surface area contributed by atoms with E-state index in [0.29, 0.717) is 15.8 Å². The van der Waals surface area contributed by atoms with Crippen molar-refractivity contribution in [1.82, 2.24) is 4.98 Å². The van der Waals surface area contributed by atoms with Crippen LogP contribution >= 0.6 is 15.9 Å². The minimum absolute atomic E-state index is 0.00532. The van der Waals surface area contributed by atoms with Gasteiger partial charge in [0, 0.05) is 22.3 Å². The number of pyridine rings is 1. The molecule has 6 heteroatoms. The van der Waals surface area contributed by atoms with Crippen LogP contribution in [0.4, 0.5) is 4.39 Å². The summed E-state index contributed by atoms with van der Waals surface area (Å²) in [6.45, 7) is 0.00532. The van der Waals surface area contributed by atoms with Crippen molar-refractivity contribution in [3.8, 4) is 5.75 Å². The topological polar surface area (TPSA) is 59.4 Å². The molecule has 0 aliphatic rings. The Bertz CT molecular complexity index is 598. The molecule has 0 radical (unpaired) electrons. The molecule has 2 aromatic rings. The third-order valence-electron chi connectivity index (χ3n) is 2.32. The maximum absolute atomic E-state index is 13.1. The van der Waals surface area contributed by atoms with Crippen LogP contribution in [0.3, 0.4) is 0 Å². The number of rotatable bonds is 4. The Morgan fingerprint density at radius 3 is 2.89 bits per heavy atom. The summed E-state index contributed by atoms with van der Waals surface area (Å²) in [4.78, 5) is 14.7. The number of aromatic carboxylic acids is 1. The van der Waals surface area contributed by atoms with E-state index in [-0.39, 0.29) is 12.3 Å².